The first-order valence-electron chi connectivity index (χ1n) is 8.93. The molecule has 0 fully saturated rings. The van der Waals surface area contributed by atoms with Gasteiger partial charge in [0.15, 0.2) is 0 Å². The van der Waals surface area contributed by atoms with Gasteiger partial charge in [-0.2, -0.15) is 5.10 Å². The summed E-state index contributed by atoms with van der Waals surface area (Å²) < 4.78 is 1.45. The number of benzene rings is 1. The first-order chi connectivity index (χ1) is 14.0. The largest absolute Gasteiger partial charge is 0.337 e. The van der Waals surface area contributed by atoms with Gasteiger partial charge in [-0.3, -0.25) is 4.79 Å². The number of nitrogens with one attached hydrogen (secondary N) is 1. The molecular formula is C20H14Cl2N4OS2. The van der Waals surface area contributed by atoms with Crippen LogP contribution in [-0.2, 0) is 11.2 Å². The van der Waals surface area contributed by atoms with Crippen LogP contribution in [0.4, 0.5) is 0 Å². The molecule has 0 saturated heterocycles. The minimum atomic E-state index is -0.0215. The van der Waals surface area contributed by atoms with Gasteiger partial charge in [0, 0.05) is 6.42 Å². The van der Waals surface area contributed by atoms with Crippen molar-refractivity contribution in [1.29, 1.82) is 0 Å². The minimum Gasteiger partial charge on any atom is -0.337 e. The van der Waals surface area contributed by atoms with Crippen LogP contribution >= 0.6 is 45.9 Å². The van der Waals surface area contributed by atoms with Crippen LogP contribution in [0.1, 0.15) is 16.9 Å². The van der Waals surface area contributed by atoms with Crippen LogP contribution in [0.2, 0.25) is 8.67 Å². The average molecular weight is 461 g/mol. The second-order valence-corrected chi connectivity index (χ2v) is 10.1. The normalized spacial score (nSPS) is 14.0. The molecule has 1 aromatic carbocycles. The highest BCUT2D eigenvalue weighted by Gasteiger charge is 2.22. The topological polar surface area (TPSA) is 61.4 Å². The zero-order valence-electron chi connectivity index (χ0n) is 15.0. The fourth-order valence-corrected chi connectivity index (χ4v) is 5.31. The van der Waals surface area contributed by atoms with Gasteiger partial charge in [-0.1, -0.05) is 29.3 Å². The summed E-state index contributed by atoms with van der Waals surface area (Å²) in [6, 6.07) is 13.4. The fraction of sp³-hybridized carbons (Fsp3) is 0.150. The molecule has 29 heavy (non-hydrogen) atoms. The van der Waals surface area contributed by atoms with E-state index in [-0.39, 0.29) is 12.3 Å². The maximum absolute atomic E-state index is 12.7. The molecule has 0 saturated carbocycles. The van der Waals surface area contributed by atoms with Crippen molar-refractivity contribution >= 4 is 68.5 Å². The molecule has 0 bridgehead atoms. The molecule has 5 rings (SSSR count). The van der Waals surface area contributed by atoms with E-state index < -0.39 is 0 Å². The van der Waals surface area contributed by atoms with Crippen molar-refractivity contribution in [3.63, 3.8) is 0 Å². The summed E-state index contributed by atoms with van der Waals surface area (Å²) in [6.45, 7) is 0.597. The second-order valence-electron chi connectivity index (χ2n) is 6.63. The van der Waals surface area contributed by atoms with E-state index in [0.29, 0.717) is 6.54 Å². The summed E-state index contributed by atoms with van der Waals surface area (Å²) in [4.78, 5) is 22.6. The molecule has 4 aromatic rings. The molecule has 1 aliphatic heterocycles. The Morgan fingerprint density at radius 1 is 1.07 bits per heavy atom. The van der Waals surface area contributed by atoms with Crippen molar-refractivity contribution in [3.8, 4) is 10.7 Å². The molecule has 1 aliphatic rings. The number of nitrogens with zero attached hydrogens (tertiary/aromatic N) is 3. The predicted molar refractivity (Wildman–Crippen MR) is 120 cm³/mol. The summed E-state index contributed by atoms with van der Waals surface area (Å²) >= 11 is 15.0. The van der Waals surface area contributed by atoms with E-state index in [1.54, 1.807) is 5.01 Å². The Labute approximate surface area is 184 Å². The number of hydrazone groups is 1. The molecule has 0 unspecified atom stereocenters. The van der Waals surface area contributed by atoms with Crippen molar-refractivity contribution in [1.82, 2.24) is 15.0 Å². The number of halogens is 2. The molecule has 0 aliphatic carbocycles. The number of hydrogen-bond donors (Lipinski definition) is 1. The number of amides is 1. The lowest BCUT2D eigenvalue weighted by molar-refractivity contribution is -0.130. The second kappa shape index (κ2) is 7.57. The maximum Gasteiger partial charge on any atom is 0.247 e. The third-order valence-electron chi connectivity index (χ3n) is 4.66. The predicted octanol–water partition coefficient (Wildman–Crippen LogP) is 5.84. The van der Waals surface area contributed by atoms with E-state index in [0.717, 1.165) is 53.0 Å². The Kier molecular flexibility index (Phi) is 4.91. The fourth-order valence-electron chi connectivity index (χ4n) is 3.27. The van der Waals surface area contributed by atoms with Crippen LogP contribution in [0.5, 0.6) is 0 Å². The van der Waals surface area contributed by atoms with E-state index in [1.165, 1.54) is 22.7 Å². The standard InChI is InChI=1S/C20H14Cl2N4OS2/c21-17-5-3-15(28-17)13-7-8-26(25-13)19(27)10-11-1-2-12-14(9-11)24-20(23-12)16-4-6-18(22)29-16/h1-6,9H,7-8,10H2,(H,23,24). The number of aromatic nitrogens is 2. The summed E-state index contributed by atoms with van der Waals surface area (Å²) in [5.41, 5.74) is 3.59. The van der Waals surface area contributed by atoms with E-state index in [2.05, 4.69) is 15.1 Å². The smallest absolute Gasteiger partial charge is 0.247 e. The number of fused-ring (bicyclic) bond motifs is 1. The molecule has 3 aromatic heterocycles. The Morgan fingerprint density at radius 2 is 1.83 bits per heavy atom. The number of imidazole rings is 1. The van der Waals surface area contributed by atoms with Crippen LogP contribution in [-0.4, -0.2) is 33.1 Å². The molecule has 0 spiro atoms. The number of carbonyl (C=O) groups is 1. The van der Waals surface area contributed by atoms with Crippen LogP contribution in [0.3, 0.4) is 0 Å². The van der Waals surface area contributed by atoms with Gasteiger partial charge in [0.25, 0.3) is 0 Å². The van der Waals surface area contributed by atoms with Crippen LogP contribution < -0.4 is 0 Å². The van der Waals surface area contributed by atoms with Crippen LogP contribution in [0, 0.1) is 0 Å². The highest BCUT2D eigenvalue weighted by molar-refractivity contribution is 7.19. The number of hydrogen-bond acceptors (Lipinski definition) is 5. The number of H-pyrrole nitrogens is 1. The van der Waals surface area contributed by atoms with Crippen LogP contribution in [0.15, 0.2) is 47.6 Å². The molecule has 9 heteroatoms. The number of rotatable bonds is 4. The van der Waals surface area contributed by atoms with E-state index in [1.807, 2.05) is 42.5 Å². The van der Waals surface area contributed by atoms with E-state index in [4.69, 9.17) is 23.2 Å². The van der Waals surface area contributed by atoms with E-state index >= 15 is 0 Å². The quantitative estimate of drug-likeness (QED) is 0.415. The van der Waals surface area contributed by atoms with E-state index in [9.17, 15) is 4.79 Å². The molecule has 4 heterocycles. The first kappa shape index (κ1) is 18.8. The molecule has 5 nitrogen and oxygen atoms in total. The highest BCUT2D eigenvalue weighted by Crippen LogP contribution is 2.31. The first-order valence-corrected chi connectivity index (χ1v) is 11.3. The summed E-state index contributed by atoms with van der Waals surface area (Å²) in [5, 5.41) is 6.05. The summed E-state index contributed by atoms with van der Waals surface area (Å²) in [5.74, 6) is 0.760. The van der Waals surface area contributed by atoms with Crippen molar-refractivity contribution in [2.45, 2.75) is 12.8 Å². The minimum absolute atomic E-state index is 0.0215. The monoisotopic (exact) mass is 460 g/mol. The maximum atomic E-state index is 12.7. The number of aromatic amines is 1. The van der Waals surface area contributed by atoms with Gasteiger partial charge in [0.1, 0.15) is 5.82 Å². The van der Waals surface area contributed by atoms with Gasteiger partial charge in [0.05, 0.1) is 48.1 Å². The Hall–Kier alpha value is -2.19. The molecule has 0 radical (unpaired) electrons. The molecule has 0 atom stereocenters. The van der Waals surface area contributed by atoms with Crippen LogP contribution in [0.25, 0.3) is 21.7 Å². The summed E-state index contributed by atoms with van der Waals surface area (Å²) in [6.07, 6.45) is 1.03. The molecule has 1 amide bonds. The lowest BCUT2D eigenvalue weighted by atomic mass is 10.1. The van der Waals surface area contributed by atoms with Gasteiger partial charge in [0.2, 0.25) is 5.91 Å². The van der Waals surface area contributed by atoms with Gasteiger partial charge in [-0.25, -0.2) is 9.99 Å². The Bertz CT molecular complexity index is 1260. The number of thiophene rings is 2. The van der Waals surface area contributed by atoms with Crippen molar-refractivity contribution in [3.05, 3.63) is 61.6 Å². The van der Waals surface area contributed by atoms with Gasteiger partial charge < -0.3 is 4.98 Å². The average Bonchev–Trinajstić information content (AvgIpc) is 3.47. The third kappa shape index (κ3) is 3.83. The van der Waals surface area contributed by atoms with Gasteiger partial charge >= 0.3 is 0 Å². The molecular weight excluding hydrogens is 447 g/mol. The lowest BCUT2D eigenvalue weighted by Gasteiger charge is -2.11. The van der Waals surface area contributed by atoms with Crippen molar-refractivity contribution in [2.75, 3.05) is 6.54 Å². The highest BCUT2D eigenvalue weighted by atomic mass is 35.5. The summed E-state index contributed by atoms with van der Waals surface area (Å²) in [7, 11) is 0. The van der Waals surface area contributed by atoms with Gasteiger partial charge in [-0.05, 0) is 42.0 Å². The number of carbonyl (C=O) groups excluding carboxylic acids is 1. The van der Waals surface area contributed by atoms with Crippen molar-refractivity contribution < 1.29 is 4.79 Å². The zero-order valence-corrected chi connectivity index (χ0v) is 18.1. The van der Waals surface area contributed by atoms with Gasteiger partial charge in [-0.15, -0.1) is 22.7 Å². The Morgan fingerprint density at radius 3 is 2.55 bits per heavy atom. The Balaban J connectivity index is 1.33. The lowest BCUT2D eigenvalue weighted by Crippen LogP contribution is -2.25. The van der Waals surface area contributed by atoms with Crippen molar-refractivity contribution in [2.24, 2.45) is 5.10 Å². The zero-order chi connectivity index (χ0) is 20.0. The molecule has 146 valence electrons. The third-order valence-corrected chi connectivity index (χ3v) is 7.17. The SMILES string of the molecule is O=C(Cc1ccc2nc(-c3ccc(Cl)s3)[nH]c2c1)N1CCC(c2ccc(Cl)s2)=N1. The molecule has 1 N–H and O–H groups in total.